The van der Waals surface area contributed by atoms with Gasteiger partial charge in [-0.25, -0.2) is 9.98 Å². The number of rotatable bonds is 16. The molecule has 2 saturated heterocycles. The zero-order valence-electron chi connectivity index (χ0n) is 40.7. The molecule has 2 aliphatic heterocycles. The van der Waals surface area contributed by atoms with E-state index >= 15 is 19.2 Å². The van der Waals surface area contributed by atoms with Crippen LogP contribution < -0.4 is 0 Å². The summed E-state index contributed by atoms with van der Waals surface area (Å²) in [6, 6.07) is 37.3. The predicted molar refractivity (Wildman–Crippen MR) is 309 cm³/mol. The minimum absolute atomic E-state index is 0.119. The minimum Gasteiger partial charge on any atom is -0.459 e. The number of hydrogen-bond donors (Lipinski definition) is 0. The monoisotopic (exact) mass is 1150 g/mol. The zero-order chi connectivity index (χ0) is 53.6. The summed E-state index contributed by atoms with van der Waals surface area (Å²) in [7, 11) is 0. The fraction of sp³-hybridized carbons (Fsp3) is 0.179. The lowest BCUT2D eigenvalue weighted by Crippen LogP contribution is -2.46. The molecule has 0 radical (unpaired) electrons. The molecule has 77 heavy (non-hydrogen) atoms. The van der Waals surface area contributed by atoms with Crippen molar-refractivity contribution < 1.29 is 47.7 Å². The maximum Gasteiger partial charge on any atom is 0.334 e. The van der Waals surface area contributed by atoms with Crippen LogP contribution in [0.2, 0.25) is 0 Å². The van der Waals surface area contributed by atoms with Crippen molar-refractivity contribution in [3.8, 4) is 0 Å². The third kappa shape index (κ3) is 9.06. The molecule has 21 heteroatoms. The van der Waals surface area contributed by atoms with Gasteiger partial charge in [0.25, 0.3) is 11.8 Å². The van der Waals surface area contributed by atoms with Gasteiger partial charge in [-0.05, 0) is 77.3 Å². The number of fused-ring (bicyclic) bond motifs is 6. The molecule has 14 nitrogen and oxygen atoms in total. The van der Waals surface area contributed by atoms with E-state index < -0.39 is 40.6 Å². The Balaban J connectivity index is 1.18. The molecule has 0 unspecified atom stereocenters. The molecule has 4 aromatic carbocycles. The summed E-state index contributed by atoms with van der Waals surface area (Å²) >= 11 is 16.7. The van der Waals surface area contributed by atoms with E-state index in [4.69, 9.17) is 53.4 Å². The van der Waals surface area contributed by atoms with E-state index in [1.54, 1.807) is 116 Å². The van der Waals surface area contributed by atoms with E-state index in [0.717, 1.165) is 34.9 Å². The molecule has 0 spiro atoms. The van der Waals surface area contributed by atoms with Crippen molar-refractivity contribution in [1.29, 1.82) is 0 Å². The van der Waals surface area contributed by atoms with Crippen LogP contribution in [0.15, 0.2) is 155 Å². The fourth-order valence-electron chi connectivity index (χ4n) is 9.41. The van der Waals surface area contributed by atoms with Crippen molar-refractivity contribution in [3.63, 3.8) is 0 Å². The molecule has 4 aliphatic rings. The molecular formula is C56H40N4O10S7. The first-order valence-electron chi connectivity index (χ1n) is 23.9. The molecule has 0 saturated carbocycles. The predicted octanol–water partition coefficient (Wildman–Crippen LogP) is 11.2. The Morgan fingerprint density at radius 1 is 0.532 bits per heavy atom. The highest BCUT2D eigenvalue weighted by Crippen LogP contribution is 2.67. The molecule has 386 valence electrons. The van der Waals surface area contributed by atoms with Crippen molar-refractivity contribution in [2.75, 3.05) is 13.1 Å². The first-order valence-corrected chi connectivity index (χ1v) is 28.8. The molecule has 3 aromatic heterocycles. The molecule has 7 aromatic rings. The Morgan fingerprint density at radius 3 is 1.36 bits per heavy atom. The number of hydrogen-bond acceptors (Lipinski definition) is 19. The zero-order valence-corrected chi connectivity index (χ0v) is 46.4. The summed E-state index contributed by atoms with van der Waals surface area (Å²) in [5.41, 5.74) is -3.41. The molecule has 0 N–H and O–H groups in total. The van der Waals surface area contributed by atoms with Gasteiger partial charge in [-0.15, -0.1) is 34.0 Å². The highest BCUT2D eigenvalue weighted by atomic mass is 32.2. The summed E-state index contributed by atoms with van der Waals surface area (Å²) in [4.78, 5) is 104. The molecule has 11 rings (SSSR count). The Kier molecular flexibility index (Phi) is 14.5. The van der Waals surface area contributed by atoms with Crippen molar-refractivity contribution in [2.45, 2.75) is 45.7 Å². The Bertz CT molecular complexity index is 3640. The van der Waals surface area contributed by atoms with E-state index in [1.165, 1.54) is 38.5 Å². The van der Waals surface area contributed by atoms with Crippen molar-refractivity contribution >= 4 is 166 Å². The number of ether oxygens (including phenoxy) is 4. The Hall–Kier alpha value is -6.98. The quantitative estimate of drug-likeness (QED) is 0.0387. The van der Waals surface area contributed by atoms with Crippen LogP contribution in [-0.4, -0.2) is 77.3 Å². The number of nitrogens with zero attached hydrogens (tertiary/aromatic N) is 4. The van der Waals surface area contributed by atoms with Crippen molar-refractivity contribution in [2.24, 2.45) is 15.4 Å². The van der Waals surface area contributed by atoms with Gasteiger partial charge in [0.1, 0.15) is 40.1 Å². The molecule has 0 atom stereocenters. The lowest BCUT2D eigenvalue weighted by molar-refractivity contribution is -0.167. The van der Waals surface area contributed by atoms with Gasteiger partial charge >= 0.3 is 23.9 Å². The van der Waals surface area contributed by atoms with Crippen LogP contribution in [-0.2, 0) is 79.6 Å². The number of thioether (sulfide) groups is 2. The van der Waals surface area contributed by atoms with Gasteiger partial charge in [-0.3, -0.25) is 38.6 Å². The number of carbonyl (C=O) groups excluding carboxylic acids is 6. The van der Waals surface area contributed by atoms with Gasteiger partial charge in [0, 0.05) is 33.8 Å². The number of thiophene rings is 3. The molecule has 5 heterocycles. The van der Waals surface area contributed by atoms with Gasteiger partial charge in [0.05, 0.1) is 19.8 Å². The summed E-state index contributed by atoms with van der Waals surface area (Å²) in [6.45, 7) is 2.95. The first-order chi connectivity index (χ1) is 37.4. The summed E-state index contributed by atoms with van der Waals surface area (Å²) in [6.07, 6.45) is 1.33. The highest BCUT2D eigenvalue weighted by molar-refractivity contribution is 8.35. The number of allylic oxidation sites excluding steroid dienone is 1. The smallest absolute Gasteiger partial charge is 0.334 e. The van der Waals surface area contributed by atoms with Crippen LogP contribution in [0, 0.1) is 5.41 Å². The second-order valence-electron chi connectivity index (χ2n) is 17.6. The molecule has 0 bridgehead atoms. The third-order valence-electron chi connectivity index (χ3n) is 13.1. The number of amides is 2. The maximum absolute atomic E-state index is 16.0. The van der Waals surface area contributed by atoms with Gasteiger partial charge < -0.3 is 18.9 Å². The standard InChI is InChI=1S/C56H40N4O10S7/c1-3-59-47(61)45(76-53(59)71)57-37-25-35-39(56(37,51(65)69-29-33-21-13-7-14-22-33)52(66)70-30-34-23-15-8-16-24-34)42-40(43-44(75-42)41-36(73-43)26-38(74-41)58-46-48(62)60(4-2)54(72)77-46)55(35,49(63)67-27-31-17-9-5-10-18-31)50(64)68-28-32-19-11-6-12-20-32/h5-26H,3-4,27-30H2,1-2H3. The van der Waals surface area contributed by atoms with E-state index in [0.29, 0.717) is 56.9 Å². The third-order valence-corrected chi connectivity index (χ3v) is 19.6. The lowest BCUT2D eigenvalue weighted by Gasteiger charge is -2.29. The maximum atomic E-state index is 16.0. The van der Waals surface area contributed by atoms with Crippen LogP contribution in [0.1, 0.15) is 46.5 Å². The van der Waals surface area contributed by atoms with Crippen molar-refractivity contribution in [1.82, 2.24) is 9.80 Å². The van der Waals surface area contributed by atoms with Gasteiger partial charge in [0.2, 0.25) is 10.8 Å². The minimum atomic E-state index is -2.72. The number of thiocarbonyl (C=S) groups is 2. The number of carbonyl (C=O) groups is 6. The van der Waals surface area contributed by atoms with Crippen LogP contribution in [0.3, 0.4) is 0 Å². The van der Waals surface area contributed by atoms with E-state index in [1.807, 2.05) is 25.1 Å². The summed E-state index contributed by atoms with van der Waals surface area (Å²) in [5, 5.41) is 0.538. The molecular weight excluding hydrogens is 1110 g/mol. The molecule has 2 aliphatic carbocycles. The molecule has 2 amide bonds. The number of esters is 4. The normalized spacial score (nSPS) is 17.5. The Labute approximate surface area is 471 Å². The fourth-order valence-corrected chi connectivity index (χ4v) is 16.4. The average molecular weight is 1150 g/mol. The van der Waals surface area contributed by atoms with Crippen molar-refractivity contribution in [3.05, 3.63) is 177 Å². The second kappa shape index (κ2) is 21.4. The van der Waals surface area contributed by atoms with Crippen LogP contribution in [0.5, 0.6) is 0 Å². The highest BCUT2D eigenvalue weighted by Gasteiger charge is 2.71. The number of benzene rings is 4. The first kappa shape index (κ1) is 52.1. The van der Waals surface area contributed by atoms with Gasteiger partial charge in [-0.1, -0.05) is 146 Å². The lowest BCUT2D eigenvalue weighted by atomic mass is 9.77. The van der Waals surface area contributed by atoms with E-state index in [2.05, 4.69) is 0 Å². The SMILES string of the molecule is CCN1C(=O)C(=NC2=CC3=C(c4sc5c(sc6cc(N=C7SC(=S)N(CC)C7=O)sc65)c4C3(C(=O)OCc3ccccc3)C(=O)OCc3ccccc3)C2(C(=O)OCc2ccccc2)C(=O)OCc2ccccc2)SC1=S. The average Bonchev–Trinajstić information content (AvgIpc) is 4.44. The van der Waals surface area contributed by atoms with Crippen LogP contribution in [0.25, 0.3) is 24.4 Å². The topological polar surface area (TPSA) is 171 Å². The molecule has 2 fully saturated rings. The van der Waals surface area contributed by atoms with Crippen LogP contribution >= 0.6 is 82.0 Å². The van der Waals surface area contributed by atoms with E-state index in [-0.39, 0.29) is 80.6 Å². The summed E-state index contributed by atoms with van der Waals surface area (Å²) in [5.74, 6) is -5.35. The van der Waals surface area contributed by atoms with Gasteiger partial charge in [-0.2, -0.15) is 0 Å². The number of aliphatic imine (C=N–C) groups is 2. The van der Waals surface area contributed by atoms with E-state index in [9.17, 15) is 9.59 Å². The van der Waals surface area contributed by atoms with Crippen LogP contribution in [0.4, 0.5) is 5.00 Å². The second-order valence-corrected chi connectivity index (χ2v) is 23.9. The Morgan fingerprint density at radius 2 is 0.948 bits per heavy atom. The largest absolute Gasteiger partial charge is 0.459 e. The van der Waals surface area contributed by atoms with Gasteiger partial charge in [0.15, 0.2) is 10.1 Å². The summed E-state index contributed by atoms with van der Waals surface area (Å²) < 4.78 is 28.1.